The molecule has 110 valence electrons. The summed E-state index contributed by atoms with van der Waals surface area (Å²) in [7, 11) is 1.97. The van der Waals surface area contributed by atoms with Crippen LogP contribution in [0.1, 0.15) is 4.88 Å². The molecule has 7 heteroatoms. The summed E-state index contributed by atoms with van der Waals surface area (Å²) >= 11 is 5.14. The summed E-state index contributed by atoms with van der Waals surface area (Å²) in [5.74, 6) is 0.464. The van der Waals surface area contributed by atoms with Crippen molar-refractivity contribution in [1.29, 1.82) is 0 Å². The third-order valence-corrected chi connectivity index (χ3v) is 4.87. The van der Waals surface area contributed by atoms with Gasteiger partial charge in [0.15, 0.2) is 6.61 Å². The van der Waals surface area contributed by atoms with Crippen LogP contribution in [-0.2, 0) is 11.3 Å². The van der Waals surface area contributed by atoms with Crippen molar-refractivity contribution in [2.24, 2.45) is 0 Å². The van der Waals surface area contributed by atoms with Crippen LogP contribution in [0.15, 0.2) is 28.1 Å². The zero-order valence-electron chi connectivity index (χ0n) is 11.4. The number of hydrogen-bond acceptors (Lipinski definition) is 5. The molecule has 0 atom stereocenters. The van der Waals surface area contributed by atoms with Gasteiger partial charge in [-0.15, -0.1) is 11.3 Å². The number of nitrogens with one attached hydrogen (secondary N) is 1. The first kappa shape index (κ1) is 14.2. The maximum absolute atomic E-state index is 11.4. The highest BCUT2D eigenvalue weighted by atomic mass is 79.9. The normalized spacial score (nSPS) is 13.3. The number of fused-ring (bicyclic) bond motifs is 1. The van der Waals surface area contributed by atoms with E-state index < -0.39 is 0 Å². The summed E-state index contributed by atoms with van der Waals surface area (Å²) in [6.07, 6.45) is 0. The molecule has 1 aliphatic heterocycles. The summed E-state index contributed by atoms with van der Waals surface area (Å²) in [5.41, 5.74) is 8.25. The average molecular weight is 368 g/mol. The first-order valence-corrected chi connectivity index (χ1v) is 8.00. The van der Waals surface area contributed by atoms with Crippen molar-refractivity contribution in [3.8, 4) is 5.75 Å². The van der Waals surface area contributed by atoms with Gasteiger partial charge in [0.25, 0.3) is 5.91 Å². The zero-order valence-corrected chi connectivity index (χ0v) is 13.8. The lowest BCUT2D eigenvalue weighted by atomic mass is 10.2. The number of nitrogens with zero attached hydrogens (tertiary/aromatic N) is 1. The molecular weight excluding hydrogens is 354 g/mol. The largest absolute Gasteiger partial charge is 0.482 e. The van der Waals surface area contributed by atoms with E-state index in [2.05, 4.69) is 32.2 Å². The molecule has 1 amide bonds. The van der Waals surface area contributed by atoms with Gasteiger partial charge in [-0.3, -0.25) is 4.79 Å². The van der Waals surface area contributed by atoms with Gasteiger partial charge in [0.05, 0.1) is 23.6 Å². The van der Waals surface area contributed by atoms with Crippen molar-refractivity contribution in [2.75, 3.05) is 29.6 Å². The second-order valence-electron chi connectivity index (χ2n) is 4.83. The Morgan fingerprint density at radius 3 is 3.00 bits per heavy atom. The molecule has 1 aromatic heterocycles. The van der Waals surface area contributed by atoms with Crippen LogP contribution in [0.5, 0.6) is 5.75 Å². The molecule has 0 spiro atoms. The Morgan fingerprint density at radius 1 is 1.48 bits per heavy atom. The molecule has 2 aromatic rings. The van der Waals surface area contributed by atoms with Crippen molar-refractivity contribution < 1.29 is 9.53 Å². The Balaban J connectivity index is 1.87. The summed E-state index contributed by atoms with van der Waals surface area (Å²) in [5, 5.41) is 4.85. The number of amides is 1. The van der Waals surface area contributed by atoms with Crippen LogP contribution in [0.4, 0.5) is 17.1 Å². The molecule has 0 radical (unpaired) electrons. The molecule has 0 saturated carbocycles. The minimum Gasteiger partial charge on any atom is -0.482 e. The van der Waals surface area contributed by atoms with E-state index in [9.17, 15) is 4.79 Å². The van der Waals surface area contributed by atoms with Gasteiger partial charge in [-0.05, 0) is 28.1 Å². The summed E-state index contributed by atoms with van der Waals surface area (Å²) in [6, 6.07) is 5.69. The fraction of sp³-hybridized carbons (Fsp3) is 0.214. The van der Waals surface area contributed by atoms with Gasteiger partial charge >= 0.3 is 0 Å². The lowest BCUT2D eigenvalue weighted by Crippen LogP contribution is -2.26. The van der Waals surface area contributed by atoms with E-state index in [1.165, 1.54) is 4.88 Å². The molecule has 2 heterocycles. The molecule has 5 nitrogen and oxygen atoms in total. The fourth-order valence-corrected chi connectivity index (χ4v) is 3.72. The predicted molar refractivity (Wildman–Crippen MR) is 89.1 cm³/mol. The lowest BCUT2D eigenvalue weighted by molar-refractivity contribution is -0.118. The average Bonchev–Trinajstić information content (AvgIpc) is 2.83. The Bertz CT molecular complexity index is 702. The topological polar surface area (TPSA) is 67.6 Å². The van der Waals surface area contributed by atoms with E-state index in [1.54, 1.807) is 17.4 Å². The smallest absolute Gasteiger partial charge is 0.262 e. The van der Waals surface area contributed by atoms with Crippen molar-refractivity contribution in [1.82, 2.24) is 0 Å². The number of hydrogen-bond donors (Lipinski definition) is 2. The number of ether oxygens (including phenoxy) is 1. The van der Waals surface area contributed by atoms with Gasteiger partial charge in [-0.1, -0.05) is 0 Å². The monoisotopic (exact) mass is 367 g/mol. The Labute approximate surface area is 134 Å². The number of carbonyl (C=O) groups excluding carboxylic acids is 1. The maximum atomic E-state index is 11.4. The molecule has 0 unspecified atom stereocenters. The van der Waals surface area contributed by atoms with Crippen molar-refractivity contribution in [2.45, 2.75) is 6.54 Å². The van der Waals surface area contributed by atoms with Crippen LogP contribution in [-0.4, -0.2) is 19.6 Å². The van der Waals surface area contributed by atoms with Crippen molar-refractivity contribution in [3.63, 3.8) is 0 Å². The number of nitrogen functional groups attached to an aromatic ring is 1. The maximum Gasteiger partial charge on any atom is 0.262 e. The molecule has 0 fully saturated rings. The second kappa shape index (κ2) is 5.57. The Kier molecular flexibility index (Phi) is 3.77. The first-order valence-electron chi connectivity index (χ1n) is 6.33. The lowest BCUT2D eigenvalue weighted by Gasteiger charge is -2.24. The molecule has 3 N–H and O–H groups in total. The van der Waals surface area contributed by atoms with Gasteiger partial charge < -0.3 is 20.7 Å². The van der Waals surface area contributed by atoms with Crippen molar-refractivity contribution in [3.05, 3.63) is 32.9 Å². The fourth-order valence-electron chi connectivity index (χ4n) is 2.22. The van der Waals surface area contributed by atoms with E-state index >= 15 is 0 Å². The number of thiophene rings is 1. The number of benzene rings is 1. The molecule has 1 aromatic carbocycles. The van der Waals surface area contributed by atoms with Crippen molar-refractivity contribution >= 4 is 50.2 Å². The second-order valence-corrected chi connectivity index (χ2v) is 6.74. The number of halogens is 1. The molecule has 1 aliphatic rings. The van der Waals surface area contributed by atoms with Gasteiger partial charge in [-0.25, -0.2) is 0 Å². The molecular formula is C14H14BrN3O2S. The van der Waals surface area contributed by atoms with Gasteiger partial charge in [0, 0.05) is 27.8 Å². The standard InChI is InChI=1S/C14H14BrN3O2S/c1-18(5-9-2-8(15)7-21-9)12-4-11-13(3-10(12)16)20-6-14(19)17-11/h2-4,7H,5-6,16H2,1H3,(H,17,19). The quantitative estimate of drug-likeness (QED) is 0.818. The Morgan fingerprint density at radius 2 is 2.29 bits per heavy atom. The molecule has 21 heavy (non-hydrogen) atoms. The van der Waals surface area contributed by atoms with E-state index in [4.69, 9.17) is 10.5 Å². The van der Waals surface area contributed by atoms with Crippen LogP contribution >= 0.6 is 27.3 Å². The first-order chi connectivity index (χ1) is 10.0. The van der Waals surface area contributed by atoms with Gasteiger partial charge in [0.1, 0.15) is 5.75 Å². The van der Waals surface area contributed by atoms with Gasteiger partial charge in [-0.2, -0.15) is 0 Å². The van der Waals surface area contributed by atoms with E-state index in [-0.39, 0.29) is 12.5 Å². The van der Waals surface area contributed by atoms with Crippen LogP contribution in [0.3, 0.4) is 0 Å². The number of anilines is 3. The predicted octanol–water partition coefficient (Wildman–Crippen LogP) is 3.06. The van der Waals surface area contributed by atoms with E-state index in [0.29, 0.717) is 17.1 Å². The molecule has 0 aliphatic carbocycles. The van der Waals surface area contributed by atoms with Crippen LogP contribution < -0.4 is 20.7 Å². The number of nitrogens with two attached hydrogens (primary N) is 1. The zero-order chi connectivity index (χ0) is 15.0. The highest BCUT2D eigenvalue weighted by molar-refractivity contribution is 9.10. The number of rotatable bonds is 3. The molecule has 0 bridgehead atoms. The molecule has 0 saturated heterocycles. The van der Waals surface area contributed by atoms with Gasteiger partial charge in [0.2, 0.25) is 0 Å². The van der Waals surface area contributed by atoms with E-state index in [1.807, 2.05) is 18.5 Å². The molecule has 3 rings (SSSR count). The minimum absolute atomic E-state index is 0.0326. The summed E-state index contributed by atoms with van der Waals surface area (Å²) in [6.45, 7) is 0.777. The SMILES string of the molecule is CN(Cc1cc(Br)cs1)c1cc2c(cc1N)OCC(=O)N2. The highest BCUT2D eigenvalue weighted by Crippen LogP contribution is 2.37. The van der Waals surface area contributed by atoms with Crippen LogP contribution in [0.25, 0.3) is 0 Å². The summed E-state index contributed by atoms with van der Waals surface area (Å²) in [4.78, 5) is 14.7. The number of carbonyl (C=O) groups is 1. The summed E-state index contributed by atoms with van der Waals surface area (Å²) < 4.78 is 6.44. The third kappa shape index (κ3) is 2.98. The highest BCUT2D eigenvalue weighted by Gasteiger charge is 2.19. The van der Waals surface area contributed by atoms with Crippen LogP contribution in [0.2, 0.25) is 0 Å². The third-order valence-electron chi connectivity index (χ3n) is 3.19. The van der Waals surface area contributed by atoms with Crippen LogP contribution in [0, 0.1) is 0 Å². The minimum atomic E-state index is -0.150. The Hall–Kier alpha value is -1.73. The van der Waals surface area contributed by atoms with E-state index in [0.717, 1.165) is 16.7 Å².